The van der Waals surface area contributed by atoms with Crippen molar-refractivity contribution in [2.45, 2.75) is 38.1 Å². The maximum absolute atomic E-state index is 12.4. The van der Waals surface area contributed by atoms with Gasteiger partial charge in [0, 0.05) is 19.1 Å². The quantitative estimate of drug-likeness (QED) is 0.884. The number of carbonyl (C=O) groups is 1. The molecule has 1 aliphatic carbocycles. The van der Waals surface area contributed by atoms with Gasteiger partial charge in [-0.2, -0.15) is 0 Å². The molecule has 1 aromatic carbocycles. The maximum atomic E-state index is 12.4. The number of likely N-dealkylation sites (tertiary alicyclic amines) is 1. The van der Waals surface area contributed by atoms with Gasteiger partial charge in [0.25, 0.3) is 0 Å². The van der Waals surface area contributed by atoms with Crippen molar-refractivity contribution in [1.82, 2.24) is 10.2 Å². The monoisotopic (exact) mass is 342 g/mol. The predicted octanol–water partition coefficient (Wildman–Crippen LogP) is 3.14. The Morgan fingerprint density at radius 3 is 2.68 bits per heavy atom. The molecule has 136 valence electrons. The Hall–Kier alpha value is -1.75. The fraction of sp³-hybridized carbons (Fsp3) is 0.650. The summed E-state index contributed by atoms with van der Waals surface area (Å²) in [7, 11) is 2.16. The number of para-hydroxylation sites is 2. The summed E-state index contributed by atoms with van der Waals surface area (Å²) in [5, 5.41) is 6.17. The van der Waals surface area contributed by atoms with Crippen molar-refractivity contribution in [2.75, 3.05) is 43.4 Å². The van der Waals surface area contributed by atoms with Crippen LogP contribution in [0.1, 0.15) is 32.1 Å². The molecule has 3 fully saturated rings. The lowest BCUT2D eigenvalue weighted by atomic mass is 9.97. The van der Waals surface area contributed by atoms with Crippen LogP contribution in [-0.2, 0) is 0 Å². The first-order valence-corrected chi connectivity index (χ1v) is 9.78. The number of anilines is 2. The molecular formula is C20H30N4O. The predicted molar refractivity (Wildman–Crippen MR) is 102 cm³/mol. The number of benzene rings is 1. The molecule has 2 unspecified atom stereocenters. The minimum Gasteiger partial charge on any atom is -0.367 e. The van der Waals surface area contributed by atoms with Crippen LogP contribution in [0.15, 0.2) is 24.3 Å². The lowest BCUT2D eigenvalue weighted by molar-refractivity contribution is 0.213. The van der Waals surface area contributed by atoms with E-state index in [4.69, 9.17) is 0 Å². The van der Waals surface area contributed by atoms with Crippen LogP contribution >= 0.6 is 0 Å². The maximum Gasteiger partial charge on any atom is 0.319 e. The van der Waals surface area contributed by atoms with Gasteiger partial charge in [-0.3, -0.25) is 0 Å². The van der Waals surface area contributed by atoms with E-state index < -0.39 is 0 Å². The summed E-state index contributed by atoms with van der Waals surface area (Å²) in [5.41, 5.74) is 2.13. The van der Waals surface area contributed by atoms with Crippen LogP contribution in [0.3, 0.4) is 0 Å². The number of hydrogen-bond donors (Lipinski definition) is 2. The van der Waals surface area contributed by atoms with Crippen molar-refractivity contribution in [3.05, 3.63) is 24.3 Å². The third-order valence-corrected chi connectivity index (χ3v) is 6.26. The van der Waals surface area contributed by atoms with Crippen LogP contribution < -0.4 is 15.5 Å². The van der Waals surface area contributed by atoms with Crippen molar-refractivity contribution >= 4 is 17.4 Å². The fourth-order valence-corrected chi connectivity index (χ4v) is 4.72. The van der Waals surface area contributed by atoms with Crippen LogP contribution in [0.5, 0.6) is 0 Å². The van der Waals surface area contributed by atoms with E-state index in [1.165, 1.54) is 37.8 Å². The van der Waals surface area contributed by atoms with Gasteiger partial charge in [0.1, 0.15) is 0 Å². The van der Waals surface area contributed by atoms with E-state index >= 15 is 0 Å². The molecule has 5 heteroatoms. The van der Waals surface area contributed by atoms with Crippen LogP contribution in [0.4, 0.5) is 16.2 Å². The molecule has 5 nitrogen and oxygen atoms in total. The zero-order valence-electron chi connectivity index (χ0n) is 15.2. The van der Waals surface area contributed by atoms with Crippen molar-refractivity contribution in [2.24, 2.45) is 11.8 Å². The zero-order chi connectivity index (χ0) is 17.2. The third kappa shape index (κ3) is 3.76. The van der Waals surface area contributed by atoms with Crippen LogP contribution in [0, 0.1) is 11.8 Å². The van der Waals surface area contributed by atoms with E-state index in [2.05, 4.69) is 39.6 Å². The SMILES string of the molecule is CN1CCC(CNC(=O)Nc2ccccc2N2CC3CCC2C3)CC1. The molecule has 1 saturated carbocycles. The normalized spacial score (nSPS) is 26.8. The van der Waals surface area contributed by atoms with Crippen molar-refractivity contribution < 1.29 is 4.79 Å². The van der Waals surface area contributed by atoms with Gasteiger partial charge in [-0.1, -0.05) is 12.1 Å². The molecule has 2 atom stereocenters. The Morgan fingerprint density at radius 2 is 1.96 bits per heavy atom. The smallest absolute Gasteiger partial charge is 0.319 e. The molecule has 25 heavy (non-hydrogen) atoms. The molecule has 2 aliphatic heterocycles. The standard InChI is InChI=1S/C20H30N4O/c1-23-10-8-15(9-11-23)13-21-20(25)22-18-4-2-3-5-19(18)24-14-16-6-7-17(24)12-16/h2-5,15-17H,6-14H2,1H3,(H2,21,22,25). The Bertz CT molecular complexity index is 611. The highest BCUT2D eigenvalue weighted by Gasteiger charge is 2.38. The third-order valence-electron chi connectivity index (χ3n) is 6.26. The molecule has 0 aromatic heterocycles. The van der Waals surface area contributed by atoms with Gasteiger partial charge in [-0.05, 0) is 76.2 Å². The Labute approximate surface area is 150 Å². The minimum atomic E-state index is -0.0734. The number of nitrogens with zero attached hydrogens (tertiary/aromatic N) is 2. The summed E-state index contributed by atoms with van der Waals surface area (Å²) in [6.07, 6.45) is 6.32. The first-order chi connectivity index (χ1) is 12.2. The summed E-state index contributed by atoms with van der Waals surface area (Å²) in [6, 6.07) is 8.84. The van der Waals surface area contributed by atoms with Gasteiger partial charge in [-0.25, -0.2) is 4.79 Å². The molecule has 2 amide bonds. The number of rotatable bonds is 4. The number of hydrogen-bond acceptors (Lipinski definition) is 3. The molecule has 2 saturated heterocycles. The highest BCUT2D eigenvalue weighted by Crippen LogP contribution is 2.42. The molecule has 1 aromatic rings. The molecular weight excluding hydrogens is 312 g/mol. The van der Waals surface area contributed by atoms with E-state index in [9.17, 15) is 4.79 Å². The number of carbonyl (C=O) groups excluding carboxylic acids is 1. The number of piperidine rings is 2. The van der Waals surface area contributed by atoms with E-state index in [-0.39, 0.29) is 6.03 Å². The van der Waals surface area contributed by atoms with Gasteiger partial charge in [0.15, 0.2) is 0 Å². The van der Waals surface area contributed by atoms with Crippen LogP contribution in [0.25, 0.3) is 0 Å². The van der Waals surface area contributed by atoms with E-state index in [0.717, 1.165) is 37.8 Å². The summed E-state index contributed by atoms with van der Waals surface area (Å²) in [6.45, 7) is 4.18. The molecule has 2 heterocycles. The van der Waals surface area contributed by atoms with Gasteiger partial charge < -0.3 is 20.4 Å². The van der Waals surface area contributed by atoms with E-state index in [1.807, 2.05) is 12.1 Å². The first kappa shape index (κ1) is 16.7. The lowest BCUT2D eigenvalue weighted by Crippen LogP contribution is -2.39. The number of nitrogens with one attached hydrogen (secondary N) is 2. The average molecular weight is 342 g/mol. The lowest BCUT2D eigenvalue weighted by Gasteiger charge is -2.31. The first-order valence-electron chi connectivity index (χ1n) is 9.78. The fourth-order valence-electron chi connectivity index (χ4n) is 4.72. The van der Waals surface area contributed by atoms with Gasteiger partial charge in [0.2, 0.25) is 0 Å². The van der Waals surface area contributed by atoms with Crippen LogP contribution in [-0.4, -0.2) is 50.2 Å². The summed E-state index contributed by atoms with van der Waals surface area (Å²) < 4.78 is 0. The average Bonchev–Trinajstić information content (AvgIpc) is 3.25. The van der Waals surface area contributed by atoms with Crippen molar-refractivity contribution in [3.8, 4) is 0 Å². The Kier molecular flexibility index (Phi) is 4.84. The summed E-state index contributed by atoms with van der Waals surface area (Å²) in [5.74, 6) is 1.45. The molecule has 2 bridgehead atoms. The minimum absolute atomic E-state index is 0.0734. The zero-order valence-corrected chi connectivity index (χ0v) is 15.2. The second-order valence-electron chi connectivity index (χ2n) is 8.08. The van der Waals surface area contributed by atoms with Crippen LogP contribution in [0.2, 0.25) is 0 Å². The second-order valence-corrected chi connectivity index (χ2v) is 8.08. The van der Waals surface area contributed by atoms with Crippen molar-refractivity contribution in [3.63, 3.8) is 0 Å². The van der Waals surface area contributed by atoms with Gasteiger partial charge in [-0.15, -0.1) is 0 Å². The van der Waals surface area contributed by atoms with E-state index in [1.54, 1.807) is 0 Å². The Morgan fingerprint density at radius 1 is 1.16 bits per heavy atom. The highest BCUT2D eigenvalue weighted by molar-refractivity contribution is 5.93. The molecule has 4 rings (SSSR count). The summed E-state index contributed by atoms with van der Waals surface area (Å²) >= 11 is 0. The number of fused-ring (bicyclic) bond motifs is 2. The topological polar surface area (TPSA) is 47.6 Å². The van der Waals surface area contributed by atoms with E-state index in [0.29, 0.717) is 12.0 Å². The Balaban J connectivity index is 1.34. The highest BCUT2D eigenvalue weighted by atomic mass is 16.2. The molecule has 0 radical (unpaired) electrons. The van der Waals surface area contributed by atoms with Gasteiger partial charge in [0.05, 0.1) is 11.4 Å². The molecule has 2 N–H and O–H groups in total. The molecule has 3 aliphatic rings. The number of amides is 2. The van der Waals surface area contributed by atoms with Gasteiger partial charge >= 0.3 is 6.03 Å². The summed E-state index contributed by atoms with van der Waals surface area (Å²) in [4.78, 5) is 17.3. The largest absolute Gasteiger partial charge is 0.367 e. The second kappa shape index (κ2) is 7.24. The molecule has 0 spiro atoms. The van der Waals surface area contributed by atoms with Crippen molar-refractivity contribution in [1.29, 1.82) is 0 Å². The number of urea groups is 1.